The molecule has 4 heterocycles. The lowest BCUT2D eigenvalue weighted by molar-refractivity contribution is -0.0739. The van der Waals surface area contributed by atoms with Crippen molar-refractivity contribution in [2.45, 2.75) is 45.9 Å². The Labute approximate surface area is 162 Å². The molecule has 148 valence electrons. The summed E-state index contributed by atoms with van der Waals surface area (Å²) >= 11 is 0. The molecule has 28 heavy (non-hydrogen) atoms. The predicted octanol–water partition coefficient (Wildman–Crippen LogP) is 1.75. The second kappa shape index (κ2) is 7.69. The first-order valence-corrected chi connectivity index (χ1v) is 9.25. The van der Waals surface area contributed by atoms with Gasteiger partial charge in [0.15, 0.2) is 5.65 Å². The van der Waals surface area contributed by atoms with E-state index in [9.17, 15) is 4.79 Å². The van der Waals surface area contributed by atoms with Crippen molar-refractivity contribution in [3.63, 3.8) is 0 Å². The first-order chi connectivity index (χ1) is 13.5. The van der Waals surface area contributed by atoms with Crippen molar-refractivity contribution < 1.29 is 18.8 Å². The number of rotatable bonds is 5. The number of hydrogen-bond donors (Lipinski definition) is 1. The first kappa shape index (κ1) is 18.6. The van der Waals surface area contributed by atoms with Crippen LogP contribution in [0.15, 0.2) is 23.1 Å². The standard InChI is InChI=1S/C19H23N5O4/c1-11-6-20-18-14(7-21-24(18)8-11)19(25)22-16-4-5-26-10-17(16)27-9-15-12(2)23-28-13(15)3/h6-8,16-17H,4-5,9-10H2,1-3H3,(H,22,25)/t16-,17-/m1/s1. The largest absolute Gasteiger partial charge is 0.379 e. The maximum Gasteiger partial charge on any atom is 0.257 e. The zero-order valence-corrected chi connectivity index (χ0v) is 16.1. The Morgan fingerprint density at radius 2 is 2.21 bits per heavy atom. The van der Waals surface area contributed by atoms with E-state index in [1.807, 2.05) is 27.0 Å². The van der Waals surface area contributed by atoms with Gasteiger partial charge in [-0.05, 0) is 32.8 Å². The number of nitrogens with one attached hydrogen (secondary N) is 1. The van der Waals surface area contributed by atoms with Gasteiger partial charge in [-0.15, -0.1) is 0 Å². The van der Waals surface area contributed by atoms with Crippen LogP contribution in [0.25, 0.3) is 5.65 Å². The summed E-state index contributed by atoms with van der Waals surface area (Å²) in [5.41, 5.74) is 3.68. The number of carbonyl (C=O) groups is 1. The zero-order chi connectivity index (χ0) is 19.7. The van der Waals surface area contributed by atoms with Crippen molar-refractivity contribution in [2.24, 2.45) is 0 Å². The molecule has 3 aromatic heterocycles. The summed E-state index contributed by atoms with van der Waals surface area (Å²) in [5, 5.41) is 11.2. The van der Waals surface area contributed by atoms with Crippen LogP contribution < -0.4 is 5.32 Å². The Hall–Kier alpha value is -2.78. The third kappa shape index (κ3) is 3.63. The van der Waals surface area contributed by atoms with E-state index in [1.165, 1.54) is 6.20 Å². The number of ether oxygens (including phenoxy) is 2. The molecule has 1 N–H and O–H groups in total. The maximum absolute atomic E-state index is 12.8. The van der Waals surface area contributed by atoms with Gasteiger partial charge in [-0.2, -0.15) is 5.10 Å². The van der Waals surface area contributed by atoms with Crippen LogP contribution in [-0.2, 0) is 16.1 Å². The summed E-state index contributed by atoms with van der Waals surface area (Å²) in [4.78, 5) is 17.2. The molecule has 0 saturated carbocycles. The summed E-state index contributed by atoms with van der Waals surface area (Å²) in [7, 11) is 0. The molecule has 0 radical (unpaired) electrons. The number of nitrogens with zero attached hydrogens (tertiary/aromatic N) is 4. The highest BCUT2D eigenvalue weighted by Crippen LogP contribution is 2.19. The highest BCUT2D eigenvalue weighted by molar-refractivity contribution is 5.99. The molecular formula is C19H23N5O4. The smallest absolute Gasteiger partial charge is 0.257 e. The van der Waals surface area contributed by atoms with Crippen molar-refractivity contribution in [1.82, 2.24) is 25.1 Å². The minimum atomic E-state index is -0.261. The summed E-state index contributed by atoms with van der Waals surface area (Å²) in [6, 6.07) is -0.165. The van der Waals surface area contributed by atoms with E-state index in [0.717, 1.165) is 22.6 Å². The lowest BCUT2D eigenvalue weighted by Gasteiger charge is -2.32. The molecule has 9 nitrogen and oxygen atoms in total. The molecule has 0 bridgehead atoms. The van der Waals surface area contributed by atoms with Gasteiger partial charge in [-0.3, -0.25) is 4.79 Å². The molecule has 2 atom stereocenters. The summed E-state index contributed by atoms with van der Waals surface area (Å²) < 4.78 is 18.4. The highest BCUT2D eigenvalue weighted by atomic mass is 16.5. The van der Waals surface area contributed by atoms with Crippen molar-refractivity contribution in [1.29, 1.82) is 0 Å². The van der Waals surface area contributed by atoms with Crippen LogP contribution in [0.2, 0.25) is 0 Å². The van der Waals surface area contributed by atoms with Crippen LogP contribution >= 0.6 is 0 Å². The Bertz CT molecular complexity index is 976. The Balaban J connectivity index is 1.46. The lowest BCUT2D eigenvalue weighted by Crippen LogP contribution is -2.50. The van der Waals surface area contributed by atoms with Gasteiger partial charge >= 0.3 is 0 Å². The fraction of sp³-hybridized carbons (Fsp3) is 0.474. The van der Waals surface area contributed by atoms with Crippen molar-refractivity contribution >= 4 is 11.6 Å². The van der Waals surface area contributed by atoms with Crippen LogP contribution in [0.1, 0.15) is 39.4 Å². The van der Waals surface area contributed by atoms with Crippen LogP contribution in [0.4, 0.5) is 0 Å². The number of amides is 1. The fourth-order valence-electron chi connectivity index (χ4n) is 3.31. The van der Waals surface area contributed by atoms with Crippen molar-refractivity contribution in [2.75, 3.05) is 13.2 Å². The third-order valence-electron chi connectivity index (χ3n) is 4.97. The second-order valence-corrected chi connectivity index (χ2v) is 7.05. The Kier molecular flexibility index (Phi) is 5.10. The van der Waals surface area contributed by atoms with Gasteiger partial charge in [-0.25, -0.2) is 9.50 Å². The number of hydrogen-bond acceptors (Lipinski definition) is 7. The summed E-state index contributed by atoms with van der Waals surface area (Å²) in [6.07, 6.45) is 5.50. The van der Waals surface area contributed by atoms with E-state index in [0.29, 0.717) is 37.5 Å². The van der Waals surface area contributed by atoms with Gasteiger partial charge in [0, 0.05) is 24.6 Å². The van der Waals surface area contributed by atoms with Gasteiger partial charge in [0.05, 0.1) is 31.1 Å². The molecule has 4 rings (SSSR count). The molecule has 1 aliphatic heterocycles. The van der Waals surface area contributed by atoms with Crippen LogP contribution in [0, 0.1) is 20.8 Å². The molecule has 9 heteroatoms. The zero-order valence-electron chi connectivity index (χ0n) is 16.1. The molecule has 1 amide bonds. The minimum absolute atomic E-state index is 0.165. The molecule has 0 aromatic carbocycles. The molecule has 3 aromatic rings. The fourth-order valence-corrected chi connectivity index (χ4v) is 3.31. The molecular weight excluding hydrogens is 362 g/mol. The summed E-state index contributed by atoms with van der Waals surface area (Å²) in [5.74, 6) is 0.520. The Morgan fingerprint density at radius 1 is 1.36 bits per heavy atom. The SMILES string of the molecule is Cc1cnc2c(C(=O)N[C@@H]3CCOC[C@H]3OCc3c(C)noc3C)cnn2c1. The monoisotopic (exact) mass is 385 g/mol. The van der Waals surface area contributed by atoms with Crippen LogP contribution in [0.5, 0.6) is 0 Å². The number of carbonyl (C=O) groups excluding carboxylic acids is 1. The van der Waals surface area contributed by atoms with Gasteiger partial charge in [0.2, 0.25) is 0 Å². The number of aromatic nitrogens is 4. The third-order valence-corrected chi connectivity index (χ3v) is 4.97. The van der Waals surface area contributed by atoms with Gasteiger partial charge in [-0.1, -0.05) is 5.16 Å². The second-order valence-electron chi connectivity index (χ2n) is 7.05. The van der Waals surface area contributed by atoms with Crippen molar-refractivity contribution in [3.05, 3.63) is 46.7 Å². The predicted molar refractivity (Wildman–Crippen MR) is 99.0 cm³/mol. The molecule has 1 saturated heterocycles. The average molecular weight is 385 g/mol. The van der Waals surface area contributed by atoms with Crippen molar-refractivity contribution in [3.8, 4) is 0 Å². The van der Waals surface area contributed by atoms with Gasteiger partial charge < -0.3 is 19.3 Å². The van der Waals surface area contributed by atoms with E-state index in [4.69, 9.17) is 14.0 Å². The molecule has 0 spiro atoms. The average Bonchev–Trinajstić information content (AvgIpc) is 3.24. The van der Waals surface area contributed by atoms with Gasteiger partial charge in [0.1, 0.15) is 17.4 Å². The summed E-state index contributed by atoms with van der Waals surface area (Å²) in [6.45, 7) is 7.01. The quantitative estimate of drug-likeness (QED) is 0.713. The van der Waals surface area contributed by atoms with Gasteiger partial charge in [0.25, 0.3) is 5.91 Å². The van der Waals surface area contributed by atoms with Crippen LogP contribution in [-0.4, -0.2) is 51.0 Å². The molecule has 1 fully saturated rings. The van der Waals surface area contributed by atoms with E-state index in [1.54, 1.807) is 10.7 Å². The molecule has 0 aliphatic carbocycles. The Morgan fingerprint density at radius 3 is 3.00 bits per heavy atom. The van der Waals surface area contributed by atoms with Crippen LogP contribution in [0.3, 0.4) is 0 Å². The van der Waals surface area contributed by atoms with E-state index in [-0.39, 0.29) is 18.1 Å². The normalized spacial score (nSPS) is 19.8. The highest BCUT2D eigenvalue weighted by Gasteiger charge is 2.30. The van der Waals surface area contributed by atoms with E-state index in [2.05, 4.69) is 20.6 Å². The maximum atomic E-state index is 12.8. The lowest BCUT2D eigenvalue weighted by atomic mass is 10.1. The molecule has 0 unspecified atom stereocenters. The topological polar surface area (TPSA) is 104 Å². The van der Waals surface area contributed by atoms with E-state index < -0.39 is 0 Å². The van der Waals surface area contributed by atoms with E-state index >= 15 is 0 Å². The number of aryl methyl sites for hydroxylation is 3. The minimum Gasteiger partial charge on any atom is -0.379 e. The first-order valence-electron chi connectivity index (χ1n) is 9.25. The number of fused-ring (bicyclic) bond motifs is 1. The molecule has 1 aliphatic rings.